The van der Waals surface area contributed by atoms with Gasteiger partial charge in [-0.1, -0.05) is 66.7 Å². The molecule has 1 atom stereocenters. The Balaban J connectivity index is 1.22. The molecule has 5 rings (SSSR count). The first kappa shape index (κ1) is 21.9. The quantitative estimate of drug-likeness (QED) is 0.536. The standard InChI is InChI=1S/C27H29NO5/c29-27(30)32-24-14-13-20(18-25(24)33-27)15-17-28-16-7-12-23(19-28)31-26(21-8-3-1-4-9-21)22-10-5-2-6-11-22/h1-6,8-11,13-14,18,23,26,29-30H,7,12,15-17,19H2. The number of piperidine rings is 1. The minimum absolute atomic E-state index is 0.0801. The van der Waals surface area contributed by atoms with E-state index in [0.717, 1.165) is 44.5 Å². The van der Waals surface area contributed by atoms with Crippen molar-refractivity contribution < 1.29 is 24.4 Å². The third kappa shape index (κ3) is 5.37. The predicted molar refractivity (Wildman–Crippen MR) is 124 cm³/mol. The molecular formula is C27H29NO5. The van der Waals surface area contributed by atoms with Gasteiger partial charge in [-0.25, -0.2) is 0 Å². The van der Waals surface area contributed by atoms with Crippen molar-refractivity contribution in [3.63, 3.8) is 0 Å². The van der Waals surface area contributed by atoms with Gasteiger partial charge in [-0.15, -0.1) is 0 Å². The first-order chi connectivity index (χ1) is 16.1. The maximum Gasteiger partial charge on any atom is 0.505 e. The Morgan fingerprint density at radius 2 is 1.58 bits per heavy atom. The number of benzene rings is 3. The summed E-state index contributed by atoms with van der Waals surface area (Å²) < 4.78 is 16.7. The predicted octanol–water partition coefficient (Wildman–Crippen LogP) is 3.87. The summed E-state index contributed by atoms with van der Waals surface area (Å²) in [6, 6.07) is 26.3. The van der Waals surface area contributed by atoms with Gasteiger partial charge in [0.05, 0.1) is 6.10 Å². The van der Waals surface area contributed by atoms with Crippen LogP contribution in [0.4, 0.5) is 0 Å². The molecular weight excluding hydrogens is 418 g/mol. The molecule has 0 amide bonds. The molecule has 2 N–H and O–H groups in total. The molecule has 0 aromatic heterocycles. The van der Waals surface area contributed by atoms with Gasteiger partial charge < -0.3 is 19.1 Å². The Hall–Kier alpha value is -2.90. The molecule has 1 fully saturated rings. The minimum Gasteiger partial charge on any atom is -0.403 e. The van der Waals surface area contributed by atoms with Crippen molar-refractivity contribution in [1.82, 2.24) is 4.90 Å². The molecule has 3 aromatic rings. The van der Waals surface area contributed by atoms with Crippen LogP contribution in [0.2, 0.25) is 0 Å². The Morgan fingerprint density at radius 3 is 2.27 bits per heavy atom. The molecule has 0 aliphatic carbocycles. The molecule has 0 saturated carbocycles. The fourth-order valence-corrected chi connectivity index (χ4v) is 4.59. The van der Waals surface area contributed by atoms with Gasteiger partial charge in [0.2, 0.25) is 0 Å². The van der Waals surface area contributed by atoms with E-state index in [1.54, 1.807) is 6.07 Å². The van der Waals surface area contributed by atoms with E-state index in [1.807, 2.05) is 24.3 Å². The summed E-state index contributed by atoms with van der Waals surface area (Å²) >= 11 is 0. The van der Waals surface area contributed by atoms with Crippen molar-refractivity contribution in [2.75, 3.05) is 19.6 Å². The number of hydrogen-bond donors (Lipinski definition) is 2. The summed E-state index contributed by atoms with van der Waals surface area (Å²) in [6.07, 6.45) is 0.472. The Kier molecular flexibility index (Phi) is 6.33. The lowest BCUT2D eigenvalue weighted by Gasteiger charge is -2.35. The molecule has 6 nitrogen and oxygen atoms in total. The lowest BCUT2D eigenvalue weighted by atomic mass is 10.00. The molecule has 1 saturated heterocycles. The highest BCUT2D eigenvalue weighted by Crippen LogP contribution is 2.38. The van der Waals surface area contributed by atoms with Crippen LogP contribution in [0.1, 0.15) is 35.6 Å². The fraction of sp³-hybridized carbons (Fsp3) is 0.333. The smallest absolute Gasteiger partial charge is 0.403 e. The van der Waals surface area contributed by atoms with Gasteiger partial charge in [-0.05, 0) is 54.6 Å². The van der Waals surface area contributed by atoms with E-state index in [2.05, 4.69) is 53.4 Å². The van der Waals surface area contributed by atoms with Crippen molar-refractivity contribution in [2.24, 2.45) is 0 Å². The highest BCUT2D eigenvalue weighted by Gasteiger charge is 2.38. The number of likely N-dealkylation sites (tertiary alicyclic amines) is 1. The monoisotopic (exact) mass is 447 g/mol. The number of nitrogens with zero attached hydrogens (tertiary/aromatic N) is 1. The average Bonchev–Trinajstić information content (AvgIpc) is 3.15. The van der Waals surface area contributed by atoms with Crippen LogP contribution in [-0.2, 0) is 11.2 Å². The lowest BCUT2D eigenvalue weighted by Crippen LogP contribution is -2.41. The van der Waals surface area contributed by atoms with Crippen molar-refractivity contribution in [3.05, 3.63) is 95.6 Å². The highest BCUT2D eigenvalue weighted by atomic mass is 17.0. The van der Waals surface area contributed by atoms with Gasteiger partial charge in [0.15, 0.2) is 11.5 Å². The van der Waals surface area contributed by atoms with E-state index in [9.17, 15) is 10.2 Å². The van der Waals surface area contributed by atoms with Gasteiger partial charge in [-0.2, -0.15) is 0 Å². The topological polar surface area (TPSA) is 71.4 Å². The first-order valence-electron chi connectivity index (χ1n) is 11.5. The van der Waals surface area contributed by atoms with E-state index >= 15 is 0 Å². The van der Waals surface area contributed by atoms with Gasteiger partial charge in [0.1, 0.15) is 6.10 Å². The summed E-state index contributed by atoms with van der Waals surface area (Å²) in [5.74, 6) is 0.689. The van der Waals surface area contributed by atoms with E-state index in [1.165, 1.54) is 11.1 Å². The molecule has 6 heteroatoms. The van der Waals surface area contributed by atoms with Crippen LogP contribution in [0.25, 0.3) is 0 Å². The van der Waals surface area contributed by atoms with Crippen LogP contribution in [0.15, 0.2) is 78.9 Å². The zero-order chi connectivity index (χ0) is 22.7. The number of hydrogen-bond acceptors (Lipinski definition) is 6. The summed E-state index contributed by atoms with van der Waals surface area (Å²) in [5, 5.41) is 19.0. The zero-order valence-corrected chi connectivity index (χ0v) is 18.5. The van der Waals surface area contributed by atoms with Crippen LogP contribution >= 0.6 is 0 Å². The van der Waals surface area contributed by atoms with E-state index in [4.69, 9.17) is 14.2 Å². The molecule has 0 spiro atoms. The summed E-state index contributed by atoms with van der Waals surface area (Å²) in [5.41, 5.74) is 3.40. The maximum atomic E-state index is 9.50. The molecule has 0 bridgehead atoms. The molecule has 2 aliphatic rings. The van der Waals surface area contributed by atoms with Crippen LogP contribution in [0.3, 0.4) is 0 Å². The minimum atomic E-state index is -2.58. The highest BCUT2D eigenvalue weighted by molar-refractivity contribution is 5.45. The summed E-state index contributed by atoms with van der Waals surface area (Å²) in [6.45, 7) is 2.82. The summed E-state index contributed by atoms with van der Waals surface area (Å²) in [7, 11) is 0. The largest absolute Gasteiger partial charge is 0.505 e. The lowest BCUT2D eigenvalue weighted by molar-refractivity contribution is -0.385. The summed E-state index contributed by atoms with van der Waals surface area (Å²) in [4.78, 5) is 2.44. The van der Waals surface area contributed by atoms with E-state index in [0.29, 0.717) is 11.5 Å². The normalized spacial score (nSPS) is 19.7. The van der Waals surface area contributed by atoms with Crippen LogP contribution in [0, 0.1) is 0 Å². The van der Waals surface area contributed by atoms with Crippen LogP contribution < -0.4 is 9.47 Å². The van der Waals surface area contributed by atoms with E-state index < -0.39 is 6.16 Å². The van der Waals surface area contributed by atoms with Crippen molar-refractivity contribution in [2.45, 2.75) is 37.6 Å². The Morgan fingerprint density at radius 1 is 0.909 bits per heavy atom. The molecule has 0 radical (unpaired) electrons. The van der Waals surface area contributed by atoms with Crippen molar-refractivity contribution in [1.29, 1.82) is 0 Å². The first-order valence-corrected chi connectivity index (χ1v) is 11.5. The van der Waals surface area contributed by atoms with Gasteiger partial charge in [0, 0.05) is 13.1 Å². The van der Waals surface area contributed by atoms with Crippen LogP contribution in [-0.4, -0.2) is 47.0 Å². The van der Waals surface area contributed by atoms with E-state index in [-0.39, 0.29) is 12.2 Å². The molecule has 2 heterocycles. The number of rotatable bonds is 7. The average molecular weight is 448 g/mol. The van der Waals surface area contributed by atoms with Crippen molar-refractivity contribution in [3.8, 4) is 11.5 Å². The van der Waals surface area contributed by atoms with Gasteiger partial charge >= 0.3 is 6.16 Å². The third-order valence-electron chi connectivity index (χ3n) is 6.21. The third-order valence-corrected chi connectivity index (χ3v) is 6.21. The van der Waals surface area contributed by atoms with Gasteiger partial charge in [0.25, 0.3) is 0 Å². The Labute approximate surface area is 194 Å². The molecule has 1 unspecified atom stereocenters. The second-order valence-corrected chi connectivity index (χ2v) is 8.69. The molecule has 172 valence electrons. The van der Waals surface area contributed by atoms with Gasteiger partial charge in [-0.3, -0.25) is 10.2 Å². The SMILES string of the molecule is OC1(O)Oc2ccc(CCN3CCCC(OC(c4ccccc4)c4ccccc4)C3)cc2O1. The van der Waals surface area contributed by atoms with Crippen molar-refractivity contribution >= 4 is 0 Å². The second-order valence-electron chi connectivity index (χ2n) is 8.69. The number of aliphatic hydroxyl groups is 2. The molecule has 2 aliphatic heterocycles. The Bertz CT molecular complexity index is 1020. The maximum absolute atomic E-state index is 9.50. The second kappa shape index (κ2) is 9.53. The fourth-order valence-electron chi connectivity index (χ4n) is 4.59. The molecule has 33 heavy (non-hydrogen) atoms. The molecule has 3 aromatic carbocycles. The number of fused-ring (bicyclic) bond motifs is 1. The van der Waals surface area contributed by atoms with Crippen LogP contribution in [0.5, 0.6) is 11.5 Å². The number of ether oxygens (including phenoxy) is 3. The zero-order valence-electron chi connectivity index (χ0n) is 18.5.